The quantitative estimate of drug-likeness (QED) is 0.875. The van der Waals surface area contributed by atoms with Gasteiger partial charge in [-0.2, -0.15) is 0 Å². The molecule has 0 saturated carbocycles. The molecule has 0 saturated heterocycles. The molecular weight excluding hydrogens is 222 g/mol. The van der Waals surface area contributed by atoms with E-state index in [0.717, 1.165) is 11.5 Å². The molecule has 0 unspecified atom stereocenters. The van der Waals surface area contributed by atoms with Crippen molar-refractivity contribution in [2.24, 2.45) is 0 Å². The maximum atomic E-state index is 5.83. The van der Waals surface area contributed by atoms with Gasteiger partial charge in [-0.3, -0.25) is 0 Å². The topological polar surface area (TPSA) is 21.3 Å². The molecule has 0 aliphatic rings. The monoisotopic (exact) mass is 241 g/mol. The van der Waals surface area contributed by atoms with Crippen molar-refractivity contribution < 1.29 is 4.74 Å². The lowest BCUT2D eigenvalue weighted by Gasteiger charge is -2.25. The van der Waals surface area contributed by atoms with Gasteiger partial charge in [-0.15, -0.1) is 0 Å². The van der Waals surface area contributed by atoms with E-state index in [0.29, 0.717) is 0 Å². The zero-order valence-corrected chi connectivity index (χ0v) is 11.1. The first-order valence-corrected chi connectivity index (χ1v) is 6.14. The number of hydrogen-bond donors (Lipinski definition) is 1. The Kier molecular flexibility index (Phi) is 3.68. The lowest BCUT2D eigenvalue weighted by molar-refractivity contribution is 0.437. The van der Waals surface area contributed by atoms with Gasteiger partial charge in [0.1, 0.15) is 11.5 Å². The highest BCUT2D eigenvalue weighted by molar-refractivity contribution is 5.36. The molecule has 0 aliphatic carbocycles. The van der Waals surface area contributed by atoms with Crippen LogP contribution < -0.4 is 10.1 Å². The predicted octanol–water partition coefficient (Wildman–Crippen LogP) is 3.93. The van der Waals surface area contributed by atoms with Crippen molar-refractivity contribution in [2.45, 2.75) is 19.4 Å². The summed E-state index contributed by atoms with van der Waals surface area (Å²) in [6, 6.07) is 18.0. The number of ether oxygens (including phenoxy) is 1. The Balaban J connectivity index is 2.23. The highest BCUT2D eigenvalue weighted by Gasteiger charge is 2.17. The summed E-state index contributed by atoms with van der Waals surface area (Å²) < 4.78 is 5.83. The van der Waals surface area contributed by atoms with Gasteiger partial charge in [-0.25, -0.2) is 0 Å². The van der Waals surface area contributed by atoms with Crippen molar-refractivity contribution in [3.63, 3.8) is 0 Å². The fourth-order valence-corrected chi connectivity index (χ4v) is 1.72. The van der Waals surface area contributed by atoms with Gasteiger partial charge in [0.15, 0.2) is 0 Å². The molecule has 0 heterocycles. The molecule has 1 N–H and O–H groups in total. The van der Waals surface area contributed by atoms with Crippen LogP contribution in [0.15, 0.2) is 54.6 Å². The number of nitrogens with one attached hydrogen (secondary N) is 1. The molecule has 18 heavy (non-hydrogen) atoms. The number of rotatable bonds is 4. The number of para-hydroxylation sites is 1. The zero-order valence-electron chi connectivity index (χ0n) is 11.1. The minimum atomic E-state index is -0.0595. The van der Waals surface area contributed by atoms with Crippen molar-refractivity contribution in [1.82, 2.24) is 5.32 Å². The van der Waals surface area contributed by atoms with Gasteiger partial charge >= 0.3 is 0 Å². The lowest BCUT2D eigenvalue weighted by Crippen LogP contribution is -2.32. The zero-order chi connectivity index (χ0) is 13.0. The SMILES string of the molecule is CNC(C)(C)c1cccc(Oc2ccccc2)c1. The third-order valence-electron chi connectivity index (χ3n) is 3.16. The van der Waals surface area contributed by atoms with Gasteiger partial charge in [-0.05, 0) is 50.7 Å². The fraction of sp³-hybridized carbons (Fsp3) is 0.250. The molecule has 0 aliphatic heterocycles. The van der Waals surface area contributed by atoms with E-state index in [1.165, 1.54) is 5.56 Å². The Morgan fingerprint density at radius 2 is 1.56 bits per heavy atom. The second-order valence-electron chi connectivity index (χ2n) is 4.82. The van der Waals surface area contributed by atoms with Crippen LogP contribution in [0.1, 0.15) is 19.4 Å². The molecule has 2 heteroatoms. The van der Waals surface area contributed by atoms with E-state index in [2.05, 4.69) is 31.3 Å². The Labute approximate surface area is 109 Å². The second kappa shape index (κ2) is 5.23. The Morgan fingerprint density at radius 3 is 2.22 bits per heavy atom. The van der Waals surface area contributed by atoms with Gasteiger partial charge in [0.2, 0.25) is 0 Å². The first-order valence-electron chi connectivity index (χ1n) is 6.14. The van der Waals surface area contributed by atoms with Crippen LogP contribution in [0, 0.1) is 0 Å². The first-order chi connectivity index (χ1) is 8.62. The summed E-state index contributed by atoms with van der Waals surface area (Å²) in [4.78, 5) is 0. The van der Waals surface area contributed by atoms with Crippen molar-refractivity contribution in [2.75, 3.05) is 7.05 Å². The van der Waals surface area contributed by atoms with E-state index in [1.807, 2.05) is 49.5 Å². The maximum Gasteiger partial charge on any atom is 0.127 e. The van der Waals surface area contributed by atoms with Gasteiger partial charge in [-0.1, -0.05) is 30.3 Å². The van der Waals surface area contributed by atoms with E-state index in [4.69, 9.17) is 4.74 Å². The lowest BCUT2D eigenvalue weighted by atomic mass is 9.94. The normalized spacial score (nSPS) is 11.3. The van der Waals surface area contributed by atoms with Crippen LogP contribution in [0.3, 0.4) is 0 Å². The van der Waals surface area contributed by atoms with Crippen molar-refractivity contribution >= 4 is 0 Å². The Hall–Kier alpha value is -1.80. The fourth-order valence-electron chi connectivity index (χ4n) is 1.72. The molecule has 2 aromatic rings. The Bertz CT molecular complexity index is 506. The smallest absolute Gasteiger partial charge is 0.127 e. The van der Waals surface area contributed by atoms with Crippen LogP contribution in [0.4, 0.5) is 0 Å². The molecule has 0 spiro atoms. The summed E-state index contributed by atoms with van der Waals surface area (Å²) in [6.45, 7) is 4.29. The van der Waals surface area contributed by atoms with E-state index in [-0.39, 0.29) is 5.54 Å². The molecule has 2 aromatic carbocycles. The predicted molar refractivity (Wildman–Crippen MR) is 75.0 cm³/mol. The summed E-state index contributed by atoms with van der Waals surface area (Å²) in [6.07, 6.45) is 0. The highest BCUT2D eigenvalue weighted by Crippen LogP contribution is 2.26. The van der Waals surface area contributed by atoms with Crippen LogP contribution in [0.2, 0.25) is 0 Å². The van der Waals surface area contributed by atoms with E-state index >= 15 is 0 Å². The molecular formula is C16H19NO. The standard InChI is InChI=1S/C16H19NO/c1-16(2,17-3)13-8-7-11-15(12-13)18-14-9-5-4-6-10-14/h4-12,17H,1-3H3. The molecule has 94 valence electrons. The van der Waals surface area contributed by atoms with Crippen molar-refractivity contribution in [3.05, 3.63) is 60.2 Å². The molecule has 0 atom stereocenters. The summed E-state index contributed by atoms with van der Waals surface area (Å²) in [5.41, 5.74) is 1.15. The first kappa shape index (κ1) is 12.7. The van der Waals surface area contributed by atoms with Crippen LogP contribution in [0.5, 0.6) is 11.5 Å². The summed E-state index contributed by atoms with van der Waals surface area (Å²) in [5.74, 6) is 1.72. The van der Waals surface area contributed by atoms with Gasteiger partial charge in [0.05, 0.1) is 0 Å². The van der Waals surface area contributed by atoms with E-state index in [1.54, 1.807) is 0 Å². The van der Waals surface area contributed by atoms with Crippen molar-refractivity contribution in [3.8, 4) is 11.5 Å². The molecule has 0 fully saturated rings. The molecule has 0 bridgehead atoms. The van der Waals surface area contributed by atoms with E-state index in [9.17, 15) is 0 Å². The third-order valence-corrected chi connectivity index (χ3v) is 3.16. The van der Waals surface area contributed by atoms with Crippen LogP contribution in [0.25, 0.3) is 0 Å². The van der Waals surface area contributed by atoms with E-state index < -0.39 is 0 Å². The molecule has 0 radical (unpaired) electrons. The van der Waals surface area contributed by atoms with Gasteiger partial charge in [0.25, 0.3) is 0 Å². The number of benzene rings is 2. The highest BCUT2D eigenvalue weighted by atomic mass is 16.5. The van der Waals surface area contributed by atoms with Crippen molar-refractivity contribution in [1.29, 1.82) is 0 Å². The summed E-state index contributed by atoms with van der Waals surface area (Å²) in [5, 5.41) is 3.29. The third kappa shape index (κ3) is 2.90. The average Bonchev–Trinajstić information content (AvgIpc) is 2.40. The molecule has 2 rings (SSSR count). The number of hydrogen-bond acceptors (Lipinski definition) is 2. The largest absolute Gasteiger partial charge is 0.457 e. The average molecular weight is 241 g/mol. The second-order valence-corrected chi connectivity index (χ2v) is 4.82. The molecule has 0 amide bonds. The van der Waals surface area contributed by atoms with Crippen LogP contribution in [-0.4, -0.2) is 7.05 Å². The van der Waals surface area contributed by atoms with Gasteiger partial charge in [0, 0.05) is 5.54 Å². The Morgan fingerprint density at radius 1 is 0.889 bits per heavy atom. The summed E-state index contributed by atoms with van der Waals surface area (Å²) >= 11 is 0. The minimum absolute atomic E-state index is 0.0595. The van der Waals surface area contributed by atoms with Crippen LogP contribution in [-0.2, 0) is 5.54 Å². The van der Waals surface area contributed by atoms with Crippen LogP contribution >= 0.6 is 0 Å². The summed E-state index contributed by atoms with van der Waals surface area (Å²) in [7, 11) is 1.96. The maximum absolute atomic E-state index is 5.83. The molecule has 2 nitrogen and oxygen atoms in total. The minimum Gasteiger partial charge on any atom is -0.457 e. The molecule has 0 aromatic heterocycles. The van der Waals surface area contributed by atoms with Gasteiger partial charge < -0.3 is 10.1 Å².